The first kappa shape index (κ1) is 14.6. The van der Waals surface area contributed by atoms with Crippen LogP contribution in [0.25, 0.3) is 0 Å². The second-order valence-corrected chi connectivity index (χ2v) is 5.67. The average molecular weight is 279 g/mol. The standard InChI is InChI=1S/C14H21N3O3/c1-7(5-10-8(2)16-17(4)9(10)3)15-13(18)11-6-12(11)14(19)20/h7,11-12H,5-6H2,1-4H3,(H,15,18)(H,19,20)/t7-,11+,12+/m0/s1. The Morgan fingerprint density at radius 3 is 2.55 bits per heavy atom. The lowest BCUT2D eigenvalue weighted by molar-refractivity contribution is -0.140. The number of carboxylic acids is 1. The minimum atomic E-state index is -0.878. The van der Waals surface area contributed by atoms with E-state index in [1.165, 1.54) is 0 Å². The fourth-order valence-corrected chi connectivity index (χ4v) is 2.58. The zero-order chi connectivity index (χ0) is 15.0. The Morgan fingerprint density at radius 1 is 1.45 bits per heavy atom. The number of hydrogen-bond acceptors (Lipinski definition) is 3. The van der Waals surface area contributed by atoms with Gasteiger partial charge < -0.3 is 10.4 Å². The molecule has 1 heterocycles. The molecule has 1 saturated carbocycles. The summed E-state index contributed by atoms with van der Waals surface area (Å²) in [7, 11) is 1.90. The molecule has 0 aromatic carbocycles. The van der Waals surface area contributed by atoms with Gasteiger partial charge >= 0.3 is 5.97 Å². The van der Waals surface area contributed by atoms with E-state index in [4.69, 9.17) is 5.11 Å². The number of amides is 1. The molecule has 1 aliphatic carbocycles. The van der Waals surface area contributed by atoms with Gasteiger partial charge in [-0.3, -0.25) is 14.3 Å². The molecule has 0 aliphatic heterocycles. The molecule has 0 saturated heterocycles. The number of carboxylic acid groups (broad SMARTS) is 1. The molecule has 2 N–H and O–H groups in total. The molecule has 1 aromatic rings. The molecular weight excluding hydrogens is 258 g/mol. The predicted octanol–water partition coefficient (Wildman–Crippen LogP) is 0.805. The highest BCUT2D eigenvalue weighted by Gasteiger charge is 2.48. The summed E-state index contributed by atoms with van der Waals surface area (Å²) in [5.74, 6) is -1.88. The molecule has 3 atom stereocenters. The molecule has 1 aliphatic rings. The number of aryl methyl sites for hydroxylation is 2. The van der Waals surface area contributed by atoms with Gasteiger partial charge in [-0.25, -0.2) is 0 Å². The van der Waals surface area contributed by atoms with Crippen LogP contribution in [0.1, 0.15) is 30.3 Å². The van der Waals surface area contributed by atoms with E-state index in [2.05, 4.69) is 10.4 Å². The van der Waals surface area contributed by atoms with Crippen LogP contribution in [0.2, 0.25) is 0 Å². The molecule has 0 unspecified atom stereocenters. The third kappa shape index (κ3) is 2.84. The number of aromatic nitrogens is 2. The van der Waals surface area contributed by atoms with Crippen molar-refractivity contribution in [1.29, 1.82) is 0 Å². The van der Waals surface area contributed by atoms with Crippen LogP contribution < -0.4 is 5.32 Å². The molecule has 20 heavy (non-hydrogen) atoms. The summed E-state index contributed by atoms with van der Waals surface area (Å²) in [5, 5.41) is 16.1. The quantitative estimate of drug-likeness (QED) is 0.835. The Bertz CT molecular complexity index is 550. The number of rotatable bonds is 5. The summed E-state index contributed by atoms with van der Waals surface area (Å²) in [5.41, 5.74) is 3.21. The summed E-state index contributed by atoms with van der Waals surface area (Å²) in [6, 6.07) is -0.0286. The number of hydrogen-bond donors (Lipinski definition) is 2. The zero-order valence-electron chi connectivity index (χ0n) is 12.3. The molecule has 1 aromatic heterocycles. The largest absolute Gasteiger partial charge is 0.481 e. The predicted molar refractivity (Wildman–Crippen MR) is 73.2 cm³/mol. The van der Waals surface area contributed by atoms with Crippen LogP contribution in [0.4, 0.5) is 0 Å². The van der Waals surface area contributed by atoms with Crippen LogP contribution in [0.3, 0.4) is 0 Å². The van der Waals surface area contributed by atoms with Crippen molar-refractivity contribution >= 4 is 11.9 Å². The third-order valence-corrected chi connectivity index (χ3v) is 4.00. The summed E-state index contributed by atoms with van der Waals surface area (Å²) >= 11 is 0. The van der Waals surface area contributed by atoms with E-state index in [1.54, 1.807) is 0 Å². The van der Waals surface area contributed by atoms with Gasteiger partial charge in [0.15, 0.2) is 0 Å². The lowest BCUT2D eigenvalue weighted by atomic mass is 10.1. The molecular formula is C14H21N3O3. The summed E-state index contributed by atoms with van der Waals surface area (Å²) in [6.45, 7) is 5.89. The van der Waals surface area contributed by atoms with Gasteiger partial charge in [0.05, 0.1) is 17.5 Å². The van der Waals surface area contributed by atoms with Gasteiger partial charge in [-0.15, -0.1) is 0 Å². The van der Waals surface area contributed by atoms with E-state index in [-0.39, 0.29) is 17.9 Å². The van der Waals surface area contributed by atoms with Gasteiger partial charge in [-0.2, -0.15) is 5.10 Å². The molecule has 1 fully saturated rings. The van der Waals surface area contributed by atoms with E-state index in [0.717, 1.165) is 17.0 Å². The van der Waals surface area contributed by atoms with E-state index in [0.29, 0.717) is 12.8 Å². The number of carbonyl (C=O) groups is 2. The Kier molecular flexibility index (Phi) is 3.83. The molecule has 2 rings (SSSR count). The highest BCUT2D eigenvalue weighted by Crippen LogP contribution is 2.38. The fraction of sp³-hybridized carbons (Fsp3) is 0.643. The maximum Gasteiger partial charge on any atom is 0.307 e. The number of nitrogens with zero attached hydrogens (tertiary/aromatic N) is 2. The van der Waals surface area contributed by atoms with Gasteiger partial charge in [-0.05, 0) is 39.2 Å². The highest BCUT2D eigenvalue weighted by molar-refractivity contribution is 5.89. The van der Waals surface area contributed by atoms with Gasteiger partial charge in [0.2, 0.25) is 5.91 Å². The van der Waals surface area contributed by atoms with Gasteiger partial charge in [0, 0.05) is 18.8 Å². The molecule has 0 radical (unpaired) electrons. The smallest absolute Gasteiger partial charge is 0.307 e. The first-order valence-corrected chi connectivity index (χ1v) is 6.83. The molecule has 6 heteroatoms. The molecule has 110 valence electrons. The summed E-state index contributed by atoms with van der Waals surface area (Å²) in [4.78, 5) is 22.7. The minimum absolute atomic E-state index is 0.0286. The molecule has 0 spiro atoms. The van der Waals surface area contributed by atoms with Crippen LogP contribution in [-0.4, -0.2) is 32.8 Å². The van der Waals surface area contributed by atoms with Crippen molar-refractivity contribution in [2.75, 3.05) is 0 Å². The van der Waals surface area contributed by atoms with Crippen LogP contribution in [0.15, 0.2) is 0 Å². The van der Waals surface area contributed by atoms with Gasteiger partial charge in [-0.1, -0.05) is 0 Å². The summed E-state index contributed by atoms with van der Waals surface area (Å²) < 4.78 is 1.83. The molecule has 6 nitrogen and oxygen atoms in total. The Morgan fingerprint density at radius 2 is 2.10 bits per heavy atom. The number of aliphatic carboxylic acids is 1. The van der Waals surface area contributed by atoms with Crippen molar-refractivity contribution < 1.29 is 14.7 Å². The van der Waals surface area contributed by atoms with Crippen molar-refractivity contribution in [3.8, 4) is 0 Å². The Labute approximate surface area is 118 Å². The zero-order valence-corrected chi connectivity index (χ0v) is 12.3. The van der Waals surface area contributed by atoms with Gasteiger partial charge in [0.1, 0.15) is 0 Å². The lowest BCUT2D eigenvalue weighted by Crippen LogP contribution is -2.36. The SMILES string of the molecule is Cc1nn(C)c(C)c1C[C@H](C)NC(=O)[C@@H]1C[C@H]1C(=O)O. The van der Waals surface area contributed by atoms with Crippen molar-refractivity contribution in [1.82, 2.24) is 15.1 Å². The molecule has 1 amide bonds. The third-order valence-electron chi connectivity index (χ3n) is 4.00. The van der Waals surface area contributed by atoms with Crippen LogP contribution in [-0.2, 0) is 23.1 Å². The average Bonchev–Trinajstić information content (AvgIpc) is 3.10. The minimum Gasteiger partial charge on any atom is -0.481 e. The number of nitrogens with one attached hydrogen (secondary N) is 1. The van der Waals surface area contributed by atoms with Gasteiger partial charge in [0.25, 0.3) is 0 Å². The second kappa shape index (κ2) is 5.26. The second-order valence-electron chi connectivity index (χ2n) is 5.67. The summed E-state index contributed by atoms with van der Waals surface area (Å²) in [6.07, 6.45) is 1.17. The normalized spacial score (nSPS) is 22.4. The van der Waals surface area contributed by atoms with Crippen molar-refractivity contribution in [3.05, 3.63) is 17.0 Å². The lowest BCUT2D eigenvalue weighted by Gasteiger charge is -2.14. The maximum absolute atomic E-state index is 11.9. The maximum atomic E-state index is 11.9. The topological polar surface area (TPSA) is 84.2 Å². The number of carbonyl (C=O) groups excluding carboxylic acids is 1. The first-order valence-electron chi connectivity index (χ1n) is 6.83. The van der Waals surface area contributed by atoms with Crippen molar-refractivity contribution in [2.45, 2.75) is 39.7 Å². The monoisotopic (exact) mass is 279 g/mol. The van der Waals surface area contributed by atoms with Crippen molar-refractivity contribution in [2.24, 2.45) is 18.9 Å². The Balaban J connectivity index is 1.91. The van der Waals surface area contributed by atoms with E-state index in [9.17, 15) is 9.59 Å². The van der Waals surface area contributed by atoms with E-state index < -0.39 is 11.9 Å². The van der Waals surface area contributed by atoms with Crippen LogP contribution in [0.5, 0.6) is 0 Å². The van der Waals surface area contributed by atoms with Crippen LogP contribution in [0, 0.1) is 25.7 Å². The fourth-order valence-electron chi connectivity index (χ4n) is 2.58. The molecule has 0 bridgehead atoms. The van der Waals surface area contributed by atoms with E-state index >= 15 is 0 Å². The van der Waals surface area contributed by atoms with Crippen LogP contribution >= 0.6 is 0 Å². The Hall–Kier alpha value is -1.85. The first-order chi connectivity index (χ1) is 9.31. The van der Waals surface area contributed by atoms with E-state index in [1.807, 2.05) is 32.5 Å². The highest BCUT2D eigenvalue weighted by atomic mass is 16.4. The van der Waals surface area contributed by atoms with Crippen molar-refractivity contribution in [3.63, 3.8) is 0 Å².